The highest BCUT2D eigenvalue weighted by Crippen LogP contribution is 2.26. The third-order valence-corrected chi connectivity index (χ3v) is 6.41. The number of likely N-dealkylation sites (N-methyl/N-ethyl adjacent to an activating group) is 1. The number of hydrogen-bond donors (Lipinski definition) is 1. The fraction of sp³-hybridized carbons (Fsp3) is 0.682. The summed E-state index contributed by atoms with van der Waals surface area (Å²) in [5.41, 5.74) is 1.13. The van der Waals surface area contributed by atoms with Crippen LogP contribution >= 0.6 is 35.6 Å². The Morgan fingerprint density at radius 3 is 2.30 bits per heavy atom. The first-order valence-electron chi connectivity index (χ1n) is 11.1. The van der Waals surface area contributed by atoms with Gasteiger partial charge in [-0.25, -0.2) is 0 Å². The Kier molecular flexibility index (Phi) is 11.0. The van der Waals surface area contributed by atoms with Crippen molar-refractivity contribution in [1.29, 1.82) is 0 Å². The highest BCUT2D eigenvalue weighted by atomic mass is 127. The minimum absolute atomic E-state index is 0. The molecule has 0 bridgehead atoms. The number of nitrogens with one attached hydrogen (secondary N) is 1. The van der Waals surface area contributed by atoms with Crippen LogP contribution in [0.25, 0.3) is 0 Å². The van der Waals surface area contributed by atoms with E-state index in [-0.39, 0.29) is 24.0 Å². The number of para-hydroxylation sites is 1. The molecule has 30 heavy (non-hydrogen) atoms. The molecule has 2 saturated heterocycles. The second-order valence-electron chi connectivity index (χ2n) is 7.94. The molecule has 2 heterocycles. The molecule has 1 unspecified atom stereocenters. The molecule has 3 rings (SSSR count). The number of aliphatic imine (C=N–C) groups is 1. The van der Waals surface area contributed by atoms with Crippen LogP contribution in [0, 0.1) is 0 Å². The Morgan fingerprint density at radius 2 is 1.70 bits per heavy atom. The Labute approximate surface area is 204 Å². The van der Waals surface area contributed by atoms with Gasteiger partial charge in [0.2, 0.25) is 0 Å². The molecule has 2 aliphatic heterocycles. The first kappa shape index (κ1) is 25.5. The van der Waals surface area contributed by atoms with Crippen molar-refractivity contribution in [2.45, 2.75) is 26.8 Å². The second-order valence-corrected chi connectivity index (χ2v) is 8.35. The maximum absolute atomic E-state index is 6.38. The predicted octanol–water partition coefficient (Wildman–Crippen LogP) is 3.07. The zero-order chi connectivity index (χ0) is 20.6. The first-order chi connectivity index (χ1) is 14.1. The van der Waals surface area contributed by atoms with Gasteiger partial charge in [0.15, 0.2) is 5.96 Å². The van der Waals surface area contributed by atoms with E-state index in [2.05, 4.69) is 57.8 Å². The molecule has 1 N–H and O–H groups in total. The van der Waals surface area contributed by atoms with Crippen molar-refractivity contribution in [2.75, 3.05) is 76.9 Å². The van der Waals surface area contributed by atoms with E-state index in [1.165, 1.54) is 13.1 Å². The zero-order valence-corrected chi connectivity index (χ0v) is 21.8. The first-order valence-corrected chi connectivity index (χ1v) is 11.5. The van der Waals surface area contributed by atoms with E-state index in [1.807, 2.05) is 12.1 Å². The molecule has 0 amide bonds. The number of benzene rings is 1. The number of guanidine groups is 1. The summed E-state index contributed by atoms with van der Waals surface area (Å²) in [4.78, 5) is 14.9. The van der Waals surface area contributed by atoms with Gasteiger partial charge in [0.25, 0.3) is 0 Å². The molecule has 2 aliphatic rings. The lowest BCUT2D eigenvalue weighted by Crippen LogP contribution is -2.53. The van der Waals surface area contributed by atoms with Gasteiger partial charge >= 0.3 is 0 Å². The number of piperazine rings is 2. The van der Waals surface area contributed by atoms with Gasteiger partial charge in [-0.05, 0) is 32.5 Å². The fourth-order valence-corrected chi connectivity index (χ4v) is 4.40. The number of hydrogen-bond acceptors (Lipinski definition) is 4. The summed E-state index contributed by atoms with van der Waals surface area (Å²) in [6, 6.07) is 8.60. The van der Waals surface area contributed by atoms with Gasteiger partial charge in [0.1, 0.15) is 0 Å². The van der Waals surface area contributed by atoms with Crippen LogP contribution in [0.2, 0.25) is 5.02 Å². The normalized spacial score (nSPS) is 20.1. The summed E-state index contributed by atoms with van der Waals surface area (Å²) >= 11 is 6.38. The molecular weight excluding hydrogens is 511 g/mol. The average molecular weight is 549 g/mol. The Morgan fingerprint density at radius 1 is 1.03 bits per heavy atom. The quantitative estimate of drug-likeness (QED) is 0.336. The molecular formula is C22H38ClIN6. The van der Waals surface area contributed by atoms with Gasteiger partial charge in [0.05, 0.1) is 17.3 Å². The van der Waals surface area contributed by atoms with E-state index < -0.39 is 0 Å². The summed E-state index contributed by atoms with van der Waals surface area (Å²) in [5, 5.41) is 4.33. The lowest BCUT2D eigenvalue weighted by molar-refractivity contribution is 0.109. The van der Waals surface area contributed by atoms with Gasteiger partial charge in [-0.2, -0.15) is 0 Å². The SMILES string of the molecule is CCNC(=NCC(C)N1CCN(CC)CC1)N1CCN(c2ccccc2Cl)CC1.I. The summed E-state index contributed by atoms with van der Waals surface area (Å²) in [6.07, 6.45) is 0. The van der Waals surface area contributed by atoms with Gasteiger partial charge in [-0.1, -0.05) is 30.7 Å². The highest BCUT2D eigenvalue weighted by molar-refractivity contribution is 14.0. The molecule has 0 saturated carbocycles. The molecule has 6 nitrogen and oxygen atoms in total. The predicted molar refractivity (Wildman–Crippen MR) is 140 cm³/mol. The van der Waals surface area contributed by atoms with Crippen molar-refractivity contribution in [3.63, 3.8) is 0 Å². The van der Waals surface area contributed by atoms with Crippen LogP contribution < -0.4 is 10.2 Å². The van der Waals surface area contributed by atoms with E-state index in [9.17, 15) is 0 Å². The van der Waals surface area contributed by atoms with E-state index in [0.29, 0.717) is 6.04 Å². The summed E-state index contributed by atoms with van der Waals surface area (Å²) in [7, 11) is 0. The monoisotopic (exact) mass is 548 g/mol. The number of nitrogens with zero attached hydrogens (tertiary/aromatic N) is 5. The van der Waals surface area contributed by atoms with Crippen LogP contribution in [0.5, 0.6) is 0 Å². The minimum atomic E-state index is 0. The second kappa shape index (κ2) is 12.9. The van der Waals surface area contributed by atoms with Crippen LogP contribution in [0.4, 0.5) is 5.69 Å². The van der Waals surface area contributed by atoms with Crippen molar-refractivity contribution < 1.29 is 0 Å². The van der Waals surface area contributed by atoms with Crippen LogP contribution in [0.15, 0.2) is 29.3 Å². The van der Waals surface area contributed by atoms with Crippen LogP contribution in [-0.4, -0.2) is 98.7 Å². The number of rotatable bonds is 6. The van der Waals surface area contributed by atoms with Crippen LogP contribution in [0.3, 0.4) is 0 Å². The standard InChI is InChI=1S/C22H37ClN6.HI/c1-4-24-22(25-18-19(3)27-12-10-26(5-2)11-13-27)29-16-14-28(15-17-29)21-9-7-6-8-20(21)23;/h6-9,19H,4-5,10-18H2,1-3H3,(H,24,25);1H. The molecule has 0 aromatic heterocycles. The smallest absolute Gasteiger partial charge is 0.194 e. The molecule has 170 valence electrons. The summed E-state index contributed by atoms with van der Waals surface area (Å²) < 4.78 is 0. The molecule has 2 fully saturated rings. The molecule has 1 atom stereocenters. The molecule has 1 aromatic rings. The lowest BCUT2D eigenvalue weighted by Gasteiger charge is -2.39. The molecule has 8 heteroatoms. The number of halogens is 2. The molecule has 0 aliphatic carbocycles. The highest BCUT2D eigenvalue weighted by Gasteiger charge is 2.23. The topological polar surface area (TPSA) is 37.4 Å². The molecule has 1 aromatic carbocycles. The van der Waals surface area contributed by atoms with Crippen molar-refractivity contribution >= 4 is 47.2 Å². The van der Waals surface area contributed by atoms with E-state index in [1.54, 1.807) is 0 Å². The van der Waals surface area contributed by atoms with Gasteiger partial charge in [0, 0.05) is 64.9 Å². The van der Waals surface area contributed by atoms with E-state index >= 15 is 0 Å². The summed E-state index contributed by atoms with van der Waals surface area (Å²) in [6.45, 7) is 18.1. The van der Waals surface area contributed by atoms with Crippen molar-refractivity contribution in [2.24, 2.45) is 4.99 Å². The maximum atomic E-state index is 6.38. The largest absolute Gasteiger partial charge is 0.367 e. The number of anilines is 1. The lowest BCUT2D eigenvalue weighted by atomic mass is 10.2. The minimum Gasteiger partial charge on any atom is -0.367 e. The van der Waals surface area contributed by atoms with Gasteiger partial charge in [-0.15, -0.1) is 24.0 Å². The van der Waals surface area contributed by atoms with Crippen LogP contribution in [-0.2, 0) is 0 Å². The zero-order valence-electron chi connectivity index (χ0n) is 18.7. The van der Waals surface area contributed by atoms with Gasteiger partial charge < -0.3 is 20.0 Å². The maximum Gasteiger partial charge on any atom is 0.194 e. The van der Waals surface area contributed by atoms with E-state index in [4.69, 9.17) is 16.6 Å². The average Bonchev–Trinajstić information content (AvgIpc) is 2.77. The Hall–Kier alpha value is -0.770. The Balaban J connectivity index is 0.00000320. The van der Waals surface area contributed by atoms with E-state index in [0.717, 1.165) is 75.6 Å². The summed E-state index contributed by atoms with van der Waals surface area (Å²) in [5.74, 6) is 1.05. The van der Waals surface area contributed by atoms with Gasteiger partial charge in [-0.3, -0.25) is 9.89 Å². The third kappa shape index (κ3) is 6.87. The van der Waals surface area contributed by atoms with Crippen LogP contribution in [0.1, 0.15) is 20.8 Å². The van der Waals surface area contributed by atoms with Crippen molar-refractivity contribution in [1.82, 2.24) is 20.0 Å². The van der Waals surface area contributed by atoms with Crippen molar-refractivity contribution in [3.8, 4) is 0 Å². The third-order valence-electron chi connectivity index (χ3n) is 6.09. The molecule has 0 spiro atoms. The van der Waals surface area contributed by atoms with Crippen molar-refractivity contribution in [3.05, 3.63) is 29.3 Å². The Bertz CT molecular complexity index is 657. The fourth-order valence-electron chi connectivity index (χ4n) is 4.15. The molecule has 0 radical (unpaired) electrons.